The van der Waals surface area contributed by atoms with Gasteiger partial charge in [-0.2, -0.15) is 0 Å². The number of aryl methyl sites for hydroxylation is 2. The van der Waals surface area contributed by atoms with Crippen molar-refractivity contribution in [2.75, 3.05) is 6.61 Å². The number of aromatic amines is 4. The number of hydrogen-bond acceptors (Lipinski definition) is 4. The molecule has 0 aliphatic heterocycles. The van der Waals surface area contributed by atoms with Gasteiger partial charge in [0.15, 0.2) is 11.5 Å². The summed E-state index contributed by atoms with van der Waals surface area (Å²) in [4.78, 5) is 27.4. The van der Waals surface area contributed by atoms with Crippen molar-refractivity contribution in [2.45, 2.75) is 33.3 Å². The fraction of sp³-hybridized carbons (Fsp3) is 0.167. The van der Waals surface area contributed by atoms with Crippen LogP contribution in [0.1, 0.15) is 46.2 Å². The Morgan fingerprint density at radius 1 is 0.652 bits per heavy atom. The van der Waals surface area contributed by atoms with E-state index in [0.717, 1.165) is 27.8 Å². The second-order valence-corrected chi connectivity index (χ2v) is 11.9. The molecule has 4 N–H and O–H groups in total. The van der Waals surface area contributed by atoms with Crippen molar-refractivity contribution in [3.63, 3.8) is 0 Å². The first-order chi connectivity index (χ1) is 22.2. The van der Waals surface area contributed by atoms with Gasteiger partial charge in [0, 0.05) is 21.5 Å². The van der Waals surface area contributed by atoms with Gasteiger partial charge in [-0.1, -0.05) is 95.0 Å². The van der Waals surface area contributed by atoms with Crippen molar-refractivity contribution in [2.24, 2.45) is 0 Å². The molecular formula is C36H32Cl2N4O4. The predicted molar refractivity (Wildman–Crippen MR) is 183 cm³/mol. The Morgan fingerprint density at radius 3 is 1.74 bits per heavy atom. The third-order valence-corrected chi connectivity index (χ3v) is 8.47. The maximum absolute atomic E-state index is 13.7. The molecule has 0 aliphatic carbocycles. The van der Waals surface area contributed by atoms with Crippen LogP contribution in [0, 0.1) is 13.8 Å². The summed E-state index contributed by atoms with van der Waals surface area (Å²) in [5, 5.41) is 12.7. The lowest BCUT2D eigenvalue weighted by Gasteiger charge is -2.20. The first kappa shape index (κ1) is 31.1. The molecule has 0 aliphatic rings. The van der Waals surface area contributed by atoms with Crippen molar-refractivity contribution in [1.29, 1.82) is 0 Å². The zero-order valence-corrected chi connectivity index (χ0v) is 27.0. The van der Waals surface area contributed by atoms with E-state index < -0.39 is 5.92 Å². The molecule has 8 nitrogen and oxygen atoms in total. The van der Waals surface area contributed by atoms with E-state index in [4.69, 9.17) is 32.7 Å². The Hall–Kier alpha value is -4.92. The normalized spacial score (nSPS) is 11.3. The highest BCUT2D eigenvalue weighted by atomic mass is 35.5. The van der Waals surface area contributed by atoms with E-state index in [1.165, 1.54) is 0 Å². The van der Waals surface area contributed by atoms with E-state index in [9.17, 15) is 9.59 Å². The largest absolute Gasteiger partial charge is 0.490 e. The number of ether oxygens (including phenoxy) is 2. The molecule has 6 aromatic rings. The minimum Gasteiger partial charge on any atom is -0.490 e. The minimum atomic E-state index is -0.795. The van der Waals surface area contributed by atoms with E-state index in [1.54, 1.807) is 18.2 Å². The standard InChI is InChI=1S/C36H32Cl2N4O4/c1-4-45-29-17-24(14-16-28(29)46-19-25-13-15-26(37)18-27(25)38)30(31-33(39-41-35(31)43)22-9-5-20(2)6-10-22)32-34(40-42-36(32)44)23-11-7-21(3)8-12-23/h5-18,30H,4,19H2,1-3H3,(H2,39,41,43)(H2,40,42,44). The molecule has 0 amide bonds. The topological polar surface area (TPSA) is 116 Å². The van der Waals surface area contributed by atoms with Crippen LogP contribution in [0.5, 0.6) is 11.5 Å². The summed E-state index contributed by atoms with van der Waals surface area (Å²) in [6, 6.07) is 26.4. The van der Waals surface area contributed by atoms with Gasteiger partial charge in [0.05, 0.1) is 29.1 Å². The van der Waals surface area contributed by atoms with Gasteiger partial charge in [-0.3, -0.25) is 30.0 Å². The highest BCUT2D eigenvalue weighted by molar-refractivity contribution is 6.35. The van der Waals surface area contributed by atoms with Gasteiger partial charge in [0.1, 0.15) is 6.61 Å². The fourth-order valence-electron chi connectivity index (χ4n) is 5.55. The monoisotopic (exact) mass is 654 g/mol. The Kier molecular flexibility index (Phi) is 8.92. The van der Waals surface area contributed by atoms with E-state index in [1.807, 2.05) is 87.5 Å². The van der Waals surface area contributed by atoms with Crippen LogP contribution in [0.3, 0.4) is 0 Å². The summed E-state index contributed by atoms with van der Waals surface area (Å²) in [5.41, 5.74) is 6.48. The number of H-pyrrole nitrogens is 4. The summed E-state index contributed by atoms with van der Waals surface area (Å²) in [6.45, 7) is 6.43. The molecule has 234 valence electrons. The van der Waals surface area contributed by atoms with Crippen LogP contribution in [0.25, 0.3) is 22.5 Å². The third kappa shape index (κ3) is 6.27. The Balaban J connectivity index is 1.52. The Labute approximate surface area is 275 Å². The highest BCUT2D eigenvalue weighted by Gasteiger charge is 2.32. The van der Waals surface area contributed by atoms with Gasteiger partial charge in [-0.05, 0) is 61.7 Å². The summed E-state index contributed by atoms with van der Waals surface area (Å²) >= 11 is 12.5. The smallest absolute Gasteiger partial charge is 0.268 e. The van der Waals surface area contributed by atoms with Gasteiger partial charge in [0.2, 0.25) is 0 Å². The summed E-state index contributed by atoms with van der Waals surface area (Å²) < 4.78 is 12.2. The molecule has 0 radical (unpaired) electrons. The minimum absolute atomic E-state index is 0.183. The third-order valence-electron chi connectivity index (χ3n) is 7.89. The highest BCUT2D eigenvalue weighted by Crippen LogP contribution is 2.41. The second-order valence-electron chi connectivity index (χ2n) is 11.1. The maximum atomic E-state index is 13.7. The van der Waals surface area contributed by atoms with Crippen molar-refractivity contribution in [3.05, 3.63) is 149 Å². The summed E-state index contributed by atoms with van der Waals surface area (Å²) in [5.74, 6) is 0.151. The molecule has 0 saturated heterocycles. The van der Waals surface area contributed by atoms with Crippen LogP contribution in [0.2, 0.25) is 10.0 Å². The molecule has 46 heavy (non-hydrogen) atoms. The Morgan fingerprint density at radius 2 is 1.22 bits per heavy atom. The Bertz CT molecular complexity index is 2010. The lowest BCUT2D eigenvalue weighted by atomic mass is 9.83. The summed E-state index contributed by atoms with van der Waals surface area (Å²) in [6.07, 6.45) is 0. The molecule has 2 aromatic heterocycles. The zero-order valence-electron chi connectivity index (χ0n) is 25.5. The number of nitrogens with one attached hydrogen (secondary N) is 4. The molecule has 0 fully saturated rings. The van der Waals surface area contributed by atoms with Gasteiger partial charge < -0.3 is 9.47 Å². The first-order valence-electron chi connectivity index (χ1n) is 14.8. The van der Waals surface area contributed by atoms with Crippen LogP contribution in [-0.4, -0.2) is 27.0 Å². The average molecular weight is 656 g/mol. The number of rotatable bonds is 10. The van der Waals surface area contributed by atoms with Crippen molar-refractivity contribution in [3.8, 4) is 34.0 Å². The van der Waals surface area contributed by atoms with Gasteiger partial charge in [0.25, 0.3) is 11.1 Å². The molecule has 0 atom stereocenters. The van der Waals surface area contributed by atoms with Crippen molar-refractivity contribution < 1.29 is 9.47 Å². The molecule has 0 bridgehead atoms. The van der Waals surface area contributed by atoms with Gasteiger partial charge in [-0.15, -0.1) is 0 Å². The van der Waals surface area contributed by atoms with E-state index >= 15 is 0 Å². The van der Waals surface area contributed by atoms with E-state index in [0.29, 0.717) is 56.2 Å². The van der Waals surface area contributed by atoms with Crippen molar-refractivity contribution in [1.82, 2.24) is 20.4 Å². The molecule has 4 aromatic carbocycles. The zero-order chi connectivity index (χ0) is 32.4. The average Bonchev–Trinajstić information content (AvgIpc) is 3.61. The molecule has 10 heteroatoms. The molecule has 0 saturated carbocycles. The van der Waals surface area contributed by atoms with Crippen molar-refractivity contribution >= 4 is 23.2 Å². The van der Waals surface area contributed by atoms with E-state index in [-0.39, 0.29) is 17.7 Å². The van der Waals surface area contributed by atoms with Crippen LogP contribution >= 0.6 is 23.2 Å². The number of benzene rings is 4. The molecular weight excluding hydrogens is 623 g/mol. The molecule has 6 rings (SSSR count). The van der Waals surface area contributed by atoms with Crippen LogP contribution in [-0.2, 0) is 6.61 Å². The van der Waals surface area contributed by atoms with Crippen LogP contribution in [0.15, 0.2) is 94.5 Å². The second kappa shape index (κ2) is 13.2. The fourth-order valence-corrected chi connectivity index (χ4v) is 6.01. The van der Waals surface area contributed by atoms with E-state index in [2.05, 4.69) is 20.4 Å². The van der Waals surface area contributed by atoms with Gasteiger partial charge >= 0.3 is 0 Å². The van der Waals surface area contributed by atoms with Crippen LogP contribution < -0.4 is 20.6 Å². The number of halogens is 2. The molecule has 0 spiro atoms. The SMILES string of the molecule is CCOc1cc(C(c2c(-c3ccc(C)cc3)[nH][nH]c2=O)c2c(-c3ccc(C)cc3)[nH][nH]c2=O)ccc1OCc1ccc(Cl)cc1Cl. The lowest BCUT2D eigenvalue weighted by molar-refractivity contribution is 0.269. The first-order valence-corrected chi connectivity index (χ1v) is 15.6. The molecule has 0 unspecified atom stereocenters. The predicted octanol–water partition coefficient (Wildman–Crippen LogP) is 8.13. The van der Waals surface area contributed by atoms with Gasteiger partial charge in [-0.25, -0.2) is 0 Å². The molecule has 2 heterocycles. The van der Waals surface area contributed by atoms with Crippen LogP contribution in [0.4, 0.5) is 0 Å². The number of hydrogen-bond donors (Lipinski definition) is 4. The quantitative estimate of drug-likeness (QED) is 0.119. The lowest BCUT2D eigenvalue weighted by Crippen LogP contribution is -2.20. The summed E-state index contributed by atoms with van der Waals surface area (Å²) in [7, 11) is 0. The number of aromatic nitrogens is 4. The maximum Gasteiger partial charge on any atom is 0.268 e.